The predicted octanol–water partition coefficient (Wildman–Crippen LogP) is 8.25. The first kappa shape index (κ1) is 26.6. The van der Waals surface area contributed by atoms with Gasteiger partial charge < -0.3 is 0 Å². The van der Waals surface area contributed by atoms with Crippen LogP contribution < -0.4 is 5.30 Å². The van der Waals surface area contributed by atoms with Crippen LogP contribution in [0.5, 0.6) is 0 Å². The van der Waals surface area contributed by atoms with Gasteiger partial charge in [-0.05, 0) is 54.7 Å². The van der Waals surface area contributed by atoms with Gasteiger partial charge in [0.15, 0.2) is 0 Å². The number of allylic oxidation sites excluding steroid dienone is 1. The molecular formula is C24H45P. The predicted molar refractivity (Wildman–Crippen MR) is 123 cm³/mol. The molecule has 0 spiro atoms. The third-order valence-electron chi connectivity index (χ3n) is 4.41. The molecule has 0 bridgehead atoms. The number of hydrogen-bond acceptors (Lipinski definition) is 0. The van der Waals surface area contributed by atoms with E-state index in [1.54, 1.807) is 0 Å². The summed E-state index contributed by atoms with van der Waals surface area (Å²) in [6.07, 6.45) is 10.7. The molecule has 0 radical (unpaired) electrons. The van der Waals surface area contributed by atoms with Crippen molar-refractivity contribution < 1.29 is 0 Å². The van der Waals surface area contributed by atoms with Crippen LogP contribution in [0.4, 0.5) is 0 Å². The Bertz CT molecular complexity index is 412. The van der Waals surface area contributed by atoms with E-state index in [2.05, 4.69) is 58.3 Å². The Hall–Kier alpha value is -0.610. The molecule has 0 heterocycles. The first-order valence-electron chi connectivity index (χ1n) is 10.5. The van der Waals surface area contributed by atoms with Crippen molar-refractivity contribution in [2.45, 2.75) is 92.9 Å². The van der Waals surface area contributed by atoms with Crippen LogP contribution in [-0.2, 0) is 0 Å². The minimum atomic E-state index is 0.652. The first-order chi connectivity index (χ1) is 12.1. The van der Waals surface area contributed by atoms with Crippen molar-refractivity contribution in [3.8, 4) is 0 Å². The van der Waals surface area contributed by atoms with Gasteiger partial charge in [0.1, 0.15) is 0 Å². The van der Waals surface area contributed by atoms with Gasteiger partial charge in [0, 0.05) is 0 Å². The largest absolute Gasteiger partial charge is 0.103 e. The Labute approximate surface area is 161 Å². The lowest BCUT2D eigenvalue weighted by Gasteiger charge is -2.10. The van der Waals surface area contributed by atoms with E-state index in [0.29, 0.717) is 5.92 Å². The van der Waals surface area contributed by atoms with Crippen LogP contribution in [0.25, 0.3) is 0 Å². The summed E-state index contributed by atoms with van der Waals surface area (Å²) in [5, 5.41) is 1.47. The quantitative estimate of drug-likeness (QED) is 0.288. The Morgan fingerprint density at radius 3 is 1.88 bits per heavy atom. The average molecular weight is 365 g/mol. The zero-order valence-electron chi connectivity index (χ0n) is 18.4. The lowest BCUT2D eigenvalue weighted by Crippen LogP contribution is -1.99. The molecule has 1 fully saturated rings. The van der Waals surface area contributed by atoms with Gasteiger partial charge in [-0.1, -0.05) is 100 Å². The summed E-state index contributed by atoms with van der Waals surface area (Å²) in [5.41, 5.74) is 2.92. The summed E-state index contributed by atoms with van der Waals surface area (Å²) >= 11 is 0. The van der Waals surface area contributed by atoms with Gasteiger partial charge in [0.05, 0.1) is 0 Å². The molecule has 1 saturated carbocycles. The number of rotatable bonds is 3. The molecule has 0 nitrogen and oxygen atoms in total. The van der Waals surface area contributed by atoms with Gasteiger partial charge in [-0.15, -0.1) is 6.58 Å². The van der Waals surface area contributed by atoms with Gasteiger partial charge >= 0.3 is 0 Å². The zero-order valence-corrected chi connectivity index (χ0v) is 19.4. The molecule has 1 aliphatic carbocycles. The maximum absolute atomic E-state index is 3.83. The Morgan fingerprint density at radius 2 is 1.52 bits per heavy atom. The molecule has 1 aliphatic rings. The molecule has 1 atom stereocenters. The summed E-state index contributed by atoms with van der Waals surface area (Å²) < 4.78 is 0. The van der Waals surface area contributed by atoms with Crippen LogP contribution in [0.2, 0.25) is 0 Å². The standard InChI is InChI=1S/C11H17P.C9H16.2C2H6/c1-8(2)11-6-5-10(12-4)7-9(11)3;1-2-9-7-5-3-4-6-8-9;2*1-2/h5-8,12H,1-4H3;2,9H,1,3-8H2;2*1-2H3. The normalized spacial score (nSPS) is 14.4. The second-order valence-electron chi connectivity index (χ2n) is 6.46. The highest BCUT2D eigenvalue weighted by Gasteiger charge is 2.07. The second-order valence-corrected chi connectivity index (χ2v) is 7.54. The average Bonchev–Trinajstić information content (AvgIpc) is 2.94. The van der Waals surface area contributed by atoms with Crippen molar-refractivity contribution in [2.75, 3.05) is 6.66 Å². The monoisotopic (exact) mass is 364 g/mol. The molecule has 0 saturated heterocycles. The van der Waals surface area contributed by atoms with E-state index in [4.69, 9.17) is 0 Å². The lowest BCUT2D eigenvalue weighted by molar-refractivity contribution is 0.560. The summed E-state index contributed by atoms with van der Waals surface area (Å²) in [6, 6.07) is 6.83. The van der Waals surface area contributed by atoms with E-state index in [-0.39, 0.29) is 0 Å². The topological polar surface area (TPSA) is 0 Å². The molecule has 2 rings (SSSR count). The lowest BCUT2D eigenvalue weighted by atomic mass is 9.98. The highest BCUT2D eigenvalue weighted by molar-refractivity contribution is 7.46. The van der Waals surface area contributed by atoms with E-state index in [9.17, 15) is 0 Å². The highest BCUT2D eigenvalue weighted by atomic mass is 31.1. The van der Waals surface area contributed by atoms with Crippen molar-refractivity contribution in [1.29, 1.82) is 0 Å². The summed E-state index contributed by atoms with van der Waals surface area (Å²) in [4.78, 5) is 0. The minimum Gasteiger partial charge on any atom is -0.103 e. The van der Waals surface area contributed by atoms with Crippen LogP contribution in [0, 0.1) is 12.8 Å². The smallest absolute Gasteiger partial charge is 0.0216 e. The summed E-state index contributed by atoms with van der Waals surface area (Å²) in [5.74, 6) is 1.49. The van der Waals surface area contributed by atoms with Gasteiger partial charge in [-0.3, -0.25) is 0 Å². The van der Waals surface area contributed by atoms with E-state index in [1.807, 2.05) is 27.7 Å². The first-order valence-corrected chi connectivity index (χ1v) is 12.0. The molecule has 0 N–H and O–H groups in total. The highest BCUT2D eigenvalue weighted by Crippen LogP contribution is 2.23. The second kappa shape index (κ2) is 18.2. The molecule has 1 unspecified atom stereocenters. The molecule has 0 amide bonds. The number of aryl methyl sites for hydroxylation is 1. The maximum atomic E-state index is 3.83. The van der Waals surface area contributed by atoms with Crippen LogP contribution in [0.3, 0.4) is 0 Å². The van der Waals surface area contributed by atoms with E-state index >= 15 is 0 Å². The maximum Gasteiger partial charge on any atom is -0.0216 e. The zero-order chi connectivity index (χ0) is 19.7. The third-order valence-corrected chi connectivity index (χ3v) is 5.30. The molecule has 1 aromatic rings. The van der Waals surface area contributed by atoms with Crippen molar-refractivity contribution in [1.82, 2.24) is 0 Å². The van der Waals surface area contributed by atoms with Gasteiger partial charge in [0.2, 0.25) is 0 Å². The Morgan fingerprint density at radius 1 is 1.00 bits per heavy atom. The molecule has 1 aromatic carbocycles. The fourth-order valence-electron chi connectivity index (χ4n) is 3.03. The summed E-state index contributed by atoms with van der Waals surface area (Å²) in [6.45, 7) is 20.8. The van der Waals surface area contributed by atoms with Crippen LogP contribution >= 0.6 is 8.58 Å². The fourth-order valence-corrected chi connectivity index (χ4v) is 3.64. The van der Waals surface area contributed by atoms with Gasteiger partial charge in [-0.2, -0.15) is 0 Å². The van der Waals surface area contributed by atoms with E-state index < -0.39 is 0 Å². The van der Waals surface area contributed by atoms with E-state index in [1.165, 1.54) is 55.0 Å². The molecule has 1 heteroatoms. The van der Waals surface area contributed by atoms with Crippen molar-refractivity contribution in [2.24, 2.45) is 5.92 Å². The molecule has 0 aromatic heterocycles. The van der Waals surface area contributed by atoms with E-state index in [0.717, 1.165) is 14.5 Å². The molecular weight excluding hydrogens is 319 g/mol. The third kappa shape index (κ3) is 12.4. The van der Waals surface area contributed by atoms with Crippen molar-refractivity contribution >= 4 is 13.9 Å². The van der Waals surface area contributed by atoms with Crippen LogP contribution in [0.15, 0.2) is 30.9 Å². The van der Waals surface area contributed by atoms with Crippen molar-refractivity contribution in [3.63, 3.8) is 0 Å². The Balaban J connectivity index is 0. The molecule has 25 heavy (non-hydrogen) atoms. The van der Waals surface area contributed by atoms with Gasteiger partial charge in [0.25, 0.3) is 0 Å². The minimum absolute atomic E-state index is 0.652. The summed E-state index contributed by atoms with van der Waals surface area (Å²) in [7, 11) is 0.916. The Kier molecular flexibility index (Phi) is 19.4. The van der Waals surface area contributed by atoms with Crippen LogP contribution in [0.1, 0.15) is 97.1 Å². The van der Waals surface area contributed by atoms with Crippen molar-refractivity contribution in [3.05, 3.63) is 42.0 Å². The fraction of sp³-hybridized carbons (Fsp3) is 0.667. The van der Waals surface area contributed by atoms with Gasteiger partial charge in [-0.25, -0.2) is 0 Å². The number of hydrogen-bond donors (Lipinski definition) is 0. The van der Waals surface area contributed by atoms with Crippen LogP contribution in [-0.4, -0.2) is 6.66 Å². The SMILES string of the molecule is C=CC1CCCCCC1.CC.CC.CPc1ccc(C(C)C)c(C)c1. The molecule has 0 aliphatic heterocycles. The number of benzene rings is 1. The molecule has 146 valence electrons.